The summed E-state index contributed by atoms with van der Waals surface area (Å²) in [6.07, 6.45) is 11.3. The molecular formula is C31H37N5O2. The highest BCUT2D eigenvalue weighted by molar-refractivity contribution is 5.95. The van der Waals surface area contributed by atoms with Gasteiger partial charge in [0.15, 0.2) is 11.6 Å². The van der Waals surface area contributed by atoms with Crippen LogP contribution in [0, 0.1) is 0 Å². The summed E-state index contributed by atoms with van der Waals surface area (Å²) in [5.74, 6) is 1.22. The number of aromatic nitrogens is 1. The number of carbonyl (C=O) groups excluding carboxylic acids is 1. The molecule has 0 atom stereocenters. The van der Waals surface area contributed by atoms with E-state index < -0.39 is 0 Å². The Morgan fingerprint density at radius 2 is 1.97 bits per heavy atom. The summed E-state index contributed by atoms with van der Waals surface area (Å²) in [6, 6.07) is 10.5. The summed E-state index contributed by atoms with van der Waals surface area (Å²) in [5, 5.41) is 5.88. The van der Waals surface area contributed by atoms with E-state index in [2.05, 4.69) is 79.0 Å². The summed E-state index contributed by atoms with van der Waals surface area (Å²) in [4.78, 5) is 23.4. The third-order valence-corrected chi connectivity index (χ3v) is 6.30. The first-order valence-corrected chi connectivity index (χ1v) is 12.9. The van der Waals surface area contributed by atoms with Crippen molar-refractivity contribution in [1.29, 1.82) is 0 Å². The molecule has 3 rings (SSSR count). The number of ether oxygens (including phenoxy) is 1. The lowest BCUT2D eigenvalue weighted by molar-refractivity contribution is -0.140. The average molecular weight is 512 g/mol. The molecule has 198 valence electrons. The summed E-state index contributed by atoms with van der Waals surface area (Å²) in [5.41, 5.74) is 5.68. The number of rotatable bonds is 13. The van der Waals surface area contributed by atoms with Gasteiger partial charge in [0, 0.05) is 42.6 Å². The van der Waals surface area contributed by atoms with Crippen LogP contribution in [0.3, 0.4) is 0 Å². The van der Waals surface area contributed by atoms with Crippen LogP contribution in [0.1, 0.15) is 49.8 Å². The second kappa shape index (κ2) is 14.0. The lowest BCUT2D eigenvalue weighted by atomic mass is 9.96. The third-order valence-electron chi connectivity index (χ3n) is 6.30. The van der Waals surface area contributed by atoms with Gasteiger partial charge in [-0.2, -0.15) is 10.1 Å². The van der Waals surface area contributed by atoms with E-state index in [4.69, 9.17) is 9.72 Å². The van der Waals surface area contributed by atoms with Crippen molar-refractivity contribution in [1.82, 2.24) is 9.88 Å². The minimum atomic E-state index is -0.169. The molecule has 1 aromatic carbocycles. The van der Waals surface area contributed by atoms with Crippen LogP contribution in [0.25, 0.3) is 16.8 Å². The number of methoxy groups -OCH3 is 1. The van der Waals surface area contributed by atoms with Gasteiger partial charge in [-0.05, 0) is 49.2 Å². The van der Waals surface area contributed by atoms with E-state index in [1.54, 1.807) is 11.1 Å². The van der Waals surface area contributed by atoms with Crippen LogP contribution < -0.4 is 5.01 Å². The Morgan fingerprint density at radius 1 is 1.21 bits per heavy atom. The average Bonchev–Trinajstić information content (AvgIpc) is 2.95. The van der Waals surface area contributed by atoms with Crippen molar-refractivity contribution in [3.05, 3.63) is 90.3 Å². The number of allylic oxidation sites excluding steroid dienone is 5. The zero-order chi connectivity index (χ0) is 27.5. The number of hydrogen-bond donors (Lipinski definition) is 0. The molecule has 0 saturated heterocycles. The number of anilines is 1. The van der Waals surface area contributed by atoms with Gasteiger partial charge in [0.25, 0.3) is 0 Å². The monoisotopic (exact) mass is 511 g/mol. The molecule has 0 aliphatic carbocycles. The molecule has 7 heteroatoms. The van der Waals surface area contributed by atoms with Crippen LogP contribution in [0.15, 0.2) is 83.7 Å². The molecule has 1 aromatic heterocycles. The van der Waals surface area contributed by atoms with Crippen molar-refractivity contribution < 1.29 is 9.53 Å². The first kappa shape index (κ1) is 28.5. The highest BCUT2D eigenvalue weighted by atomic mass is 16.5. The summed E-state index contributed by atoms with van der Waals surface area (Å²) >= 11 is 0. The second-order valence-corrected chi connectivity index (χ2v) is 8.79. The normalized spacial score (nSPS) is 13.9. The molecule has 0 amide bonds. The number of nitrogens with zero attached hydrogens (tertiary/aromatic N) is 5. The smallest absolute Gasteiger partial charge is 0.305 e. The number of pyridine rings is 1. The fourth-order valence-corrected chi connectivity index (χ4v) is 4.30. The molecule has 0 radical (unpaired) electrons. The number of hydrogen-bond acceptors (Lipinski definition) is 7. The maximum atomic E-state index is 11.4. The predicted molar refractivity (Wildman–Crippen MR) is 158 cm³/mol. The van der Waals surface area contributed by atoms with Crippen LogP contribution >= 0.6 is 0 Å². The maximum Gasteiger partial charge on any atom is 0.305 e. The van der Waals surface area contributed by atoms with E-state index in [9.17, 15) is 4.79 Å². The molecule has 7 nitrogen and oxygen atoms in total. The highest BCUT2D eigenvalue weighted by Gasteiger charge is 2.23. The van der Waals surface area contributed by atoms with Gasteiger partial charge >= 0.3 is 5.97 Å². The Balaban J connectivity index is 1.97. The number of aliphatic imine (C=N–C) groups is 1. The zero-order valence-corrected chi connectivity index (χ0v) is 22.7. The summed E-state index contributed by atoms with van der Waals surface area (Å²) in [6.45, 7) is 18.3. The van der Waals surface area contributed by atoms with Gasteiger partial charge < -0.3 is 4.74 Å². The number of benzene rings is 1. The van der Waals surface area contributed by atoms with Crippen LogP contribution in [0.5, 0.6) is 0 Å². The molecule has 38 heavy (non-hydrogen) atoms. The number of fused-ring (bicyclic) bond motifs is 1. The Hall–Kier alpha value is -4.10. The van der Waals surface area contributed by atoms with Crippen LogP contribution in [-0.4, -0.2) is 49.0 Å². The van der Waals surface area contributed by atoms with Crippen molar-refractivity contribution in [2.24, 2.45) is 10.1 Å². The van der Waals surface area contributed by atoms with Crippen LogP contribution in [0.2, 0.25) is 0 Å². The minimum Gasteiger partial charge on any atom is -0.469 e. The van der Waals surface area contributed by atoms with E-state index in [1.165, 1.54) is 12.7 Å². The SMILES string of the molecule is C=C/C=C(\C=C)c1cc2c(nc1-c1ccc(CN(CC)CCCC(=O)OC)cc1)N(N=C)/C(=C\CC)N=C2. The van der Waals surface area contributed by atoms with E-state index in [0.717, 1.165) is 60.4 Å². The number of hydrazone groups is 1. The van der Waals surface area contributed by atoms with Crippen LogP contribution in [0.4, 0.5) is 5.82 Å². The van der Waals surface area contributed by atoms with E-state index >= 15 is 0 Å². The van der Waals surface area contributed by atoms with Crippen molar-refractivity contribution >= 4 is 30.3 Å². The fraction of sp³-hybridized carbons (Fsp3) is 0.290. The first-order chi connectivity index (χ1) is 18.5. The molecule has 2 heterocycles. The standard InChI is InChI=1S/C31H37N5O2/c1-7-12-24(9-3)27-20-26-21-33-28(13-8-2)36(32-5)31(26)34-30(27)25-17-15-23(16-18-25)22-35(10-4)19-11-14-29(37)38-6/h7,9,12-13,15-18,20-21H,1,3,5,8,10-11,14,19,22H2,2,4,6H3/b24-12+,28-13-. The zero-order valence-electron chi connectivity index (χ0n) is 22.7. The molecule has 1 aliphatic heterocycles. The Kier molecular flexibility index (Phi) is 10.5. The molecule has 0 unspecified atom stereocenters. The minimum absolute atomic E-state index is 0.169. The van der Waals surface area contributed by atoms with Crippen molar-refractivity contribution in [3.8, 4) is 11.3 Å². The molecular weight excluding hydrogens is 474 g/mol. The van der Waals surface area contributed by atoms with Gasteiger partial charge in [0.1, 0.15) is 0 Å². The largest absolute Gasteiger partial charge is 0.469 e. The molecule has 0 bridgehead atoms. The van der Waals surface area contributed by atoms with Gasteiger partial charge in [0.2, 0.25) is 0 Å². The number of carbonyl (C=O) groups is 1. The molecule has 1 aliphatic rings. The highest BCUT2D eigenvalue weighted by Crippen LogP contribution is 2.35. The van der Waals surface area contributed by atoms with Gasteiger partial charge in [-0.1, -0.05) is 69.5 Å². The molecule has 0 fully saturated rings. The molecule has 0 N–H and O–H groups in total. The van der Waals surface area contributed by atoms with E-state index in [-0.39, 0.29) is 5.97 Å². The topological polar surface area (TPSA) is 70.4 Å². The molecule has 0 saturated carbocycles. The molecule has 2 aromatic rings. The molecule has 0 spiro atoms. The van der Waals surface area contributed by atoms with Crippen molar-refractivity contribution in [3.63, 3.8) is 0 Å². The van der Waals surface area contributed by atoms with E-state index in [0.29, 0.717) is 18.1 Å². The van der Waals surface area contributed by atoms with Gasteiger partial charge in [0.05, 0.1) is 12.8 Å². The summed E-state index contributed by atoms with van der Waals surface area (Å²) < 4.78 is 4.75. The lowest BCUT2D eigenvalue weighted by Gasteiger charge is -2.25. The van der Waals surface area contributed by atoms with Gasteiger partial charge in [-0.25, -0.2) is 9.98 Å². The van der Waals surface area contributed by atoms with Gasteiger partial charge in [-0.15, -0.1) is 0 Å². The van der Waals surface area contributed by atoms with E-state index in [1.807, 2.05) is 24.4 Å². The second-order valence-electron chi connectivity index (χ2n) is 8.79. The maximum absolute atomic E-state index is 11.4. The quantitative estimate of drug-likeness (QED) is 0.177. The fourth-order valence-electron chi connectivity index (χ4n) is 4.30. The lowest BCUT2D eigenvalue weighted by Crippen LogP contribution is -2.24. The summed E-state index contributed by atoms with van der Waals surface area (Å²) in [7, 11) is 1.43. The van der Waals surface area contributed by atoms with Gasteiger partial charge in [-0.3, -0.25) is 9.69 Å². The van der Waals surface area contributed by atoms with Crippen molar-refractivity contribution in [2.45, 2.75) is 39.7 Å². The Morgan fingerprint density at radius 3 is 2.58 bits per heavy atom. The third kappa shape index (κ3) is 6.81. The predicted octanol–water partition coefficient (Wildman–Crippen LogP) is 6.39. The Bertz CT molecular complexity index is 1260. The van der Waals surface area contributed by atoms with Crippen molar-refractivity contribution in [2.75, 3.05) is 25.2 Å². The first-order valence-electron chi connectivity index (χ1n) is 12.9. The Labute approximate surface area is 226 Å². The number of esters is 1. The van der Waals surface area contributed by atoms with Crippen LogP contribution in [-0.2, 0) is 16.1 Å².